The highest BCUT2D eigenvalue weighted by atomic mass is 16.3. The molecule has 2 heteroatoms. The molecule has 5 rings (SSSR count). The molecule has 0 saturated carbocycles. The third-order valence-electron chi connectivity index (χ3n) is 5.44. The summed E-state index contributed by atoms with van der Waals surface area (Å²) in [5, 5.41) is 2.27. The van der Waals surface area contributed by atoms with Crippen LogP contribution >= 0.6 is 0 Å². The number of hydrogen-bond acceptors (Lipinski definition) is 2. The van der Waals surface area contributed by atoms with Crippen LogP contribution in [0.5, 0.6) is 0 Å². The SMILES string of the molecule is CC(C)(C)Cc1ccnc(-c2ccc3oc4c(-c5ccccc5)cccc4c3c2)c1. The largest absolute Gasteiger partial charge is 0.455 e. The summed E-state index contributed by atoms with van der Waals surface area (Å²) in [5.74, 6) is 0. The average Bonchev–Trinajstić information content (AvgIpc) is 3.11. The minimum Gasteiger partial charge on any atom is -0.455 e. The van der Waals surface area contributed by atoms with Crippen LogP contribution in [0.15, 0.2) is 89.5 Å². The van der Waals surface area contributed by atoms with E-state index in [1.807, 2.05) is 12.3 Å². The number of aromatic nitrogens is 1. The number of hydrogen-bond donors (Lipinski definition) is 0. The fourth-order valence-electron chi connectivity index (χ4n) is 4.16. The minimum absolute atomic E-state index is 0.247. The molecule has 0 amide bonds. The van der Waals surface area contributed by atoms with Crippen molar-refractivity contribution in [2.45, 2.75) is 27.2 Å². The highest BCUT2D eigenvalue weighted by molar-refractivity contribution is 6.10. The first-order chi connectivity index (χ1) is 14.5. The molecule has 0 saturated heterocycles. The van der Waals surface area contributed by atoms with Crippen molar-refractivity contribution in [1.29, 1.82) is 0 Å². The van der Waals surface area contributed by atoms with Gasteiger partial charge in [0.25, 0.3) is 0 Å². The van der Waals surface area contributed by atoms with Gasteiger partial charge >= 0.3 is 0 Å². The van der Waals surface area contributed by atoms with Crippen LogP contribution < -0.4 is 0 Å². The Morgan fingerprint density at radius 3 is 2.40 bits per heavy atom. The summed E-state index contributed by atoms with van der Waals surface area (Å²) in [4.78, 5) is 4.65. The number of benzene rings is 3. The van der Waals surface area contributed by atoms with Gasteiger partial charge < -0.3 is 4.42 Å². The molecule has 5 aromatic rings. The van der Waals surface area contributed by atoms with Crippen LogP contribution in [0.25, 0.3) is 44.3 Å². The lowest BCUT2D eigenvalue weighted by molar-refractivity contribution is 0.411. The van der Waals surface area contributed by atoms with Gasteiger partial charge in [-0.05, 0) is 53.3 Å². The van der Waals surface area contributed by atoms with Crippen molar-refractivity contribution in [2.75, 3.05) is 0 Å². The van der Waals surface area contributed by atoms with Crippen molar-refractivity contribution in [3.05, 3.63) is 90.6 Å². The second-order valence-corrected chi connectivity index (χ2v) is 9.15. The molecule has 0 radical (unpaired) electrons. The van der Waals surface area contributed by atoms with Gasteiger partial charge in [-0.15, -0.1) is 0 Å². The lowest BCUT2D eigenvalue weighted by atomic mass is 9.88. The Labute approximate surface area is 177 Å². The molecule has 0 spiro atoms. The predicted octanol–water partition coefficient (Wildman–Crippen LogP) is 7.90. The fraction of sp³-hybridized carbons (Fsp3) is 0.179. The van der Waals surface area contributed by atoms with E-state index in [4.69, 9.17) is 4.42 Å². The van der Waals surface area contributed by atoms with E-state index in [0.29, 0.717) is 0 Å². The van der Waals surface area contributed by atoms with Crippen LogP contribution in [0, 0.1) is 5.41 Å². The number of para-hydroxylation sites is 1. The molecule has 0 N–H and O–H groups in total. The van der Waals surface area contributed by atoms with Crippen LogP contribution in [-0.2, 0) is 6.42 Å². The van der Waals surface area contributed by atoms with E-state index in [1.165, 1.54) is 11.1 Å². The molecule has 0 aliphatic heterocycles. The summed E-state index contributed by atoms with van der Waals surface area (Å²) in [6.45, 7) is 6.79. The highest BCUT2D eigenvalue weighted by Crippen LogP contribution is 2.37. The molecule has 0 atom stereocenters. The second kappa shape index (κ2) is 7.14. The molecule has 0 aliphatic carbocycles. The van der Waals surface area contributed by atoms with Crippen LogP contribution in [0.2, 0.25) is 0 Å². The number of fused-ring (bicyclic) bond motifs is 3. The minimum atomic E-state index is 0.247. The van der Waals surface area contributed by atoms with Crippen LogP contribution in [0.4, 0.5) is 0 Å². The van der Waals surface area contributed by atoms with E-state index in [1.54, 1.807) is 0 Å². The molecular weight excluding hydrogens is 366 g/mol. The Kier molecular flexibility index (Phi) is 4.43. The molecule has 0 bridgehead atoms. The zero-order valence-electron chi connectivity index (χ0n) is 17.6. The van der Waals surface area contributed by atoms with Gasteiger partial charge in [0.2, 0.25) is 0 Å². The highest BCUT2D eigenvalue weighted by Gasteiger charge is 2.15. The molecule has 30 heavy (non-hydrogen) atoms. The lowest BCUT2D eigenvalue weighted by Crippen LogP contribution is -2.09. The molecule has 0 unspecified atom stereocenters. The Balaban J connectivity index is 1.63. The summed E-state index contributed by atoms with van der Waals surface area (Å²) in [5.41, 5.74) is 7.81. The van der Waals surface area contributed by atoms with Crippen LogP contribution in [-0.4, -0.2) is 4.98 Å². The van der Waals surface area contributed by atoms with E-state index in [-0.39, 0.29) is 5.41 Å². The van der Waals surface area contributed by atoms with Gasteiger partial charge in [0.1, 0.15) is 11.2 Å². The zero-order chi connectivity index (χ0) is 20.7. The number of nitrogens with zero attached hydrogens (tertiary/aromatic N) is 1. The van der Waals surface area contributed by atoms with Crippen LogP contribution in [0.1, 0.15) is 26.3 Å². The summed E-state index contributed by atoms with van der Waals surface area (Å²) in [6.07, 6.45) is 2.95. The van der Waals surface area contributed by atoms with E-state index in [9.17, 15) is 0 Å². The summed E-state index contributed by atoms with van der Waals surface area (Å²) in [6, 6.07) is 27.5. The molecule has 148 valence electrons. The van der Waals surface area contributed by atoms with Gasteiger partial charge in [0.15, 0.2) is 0 Å². The first-order valence-electron chi connectivity index (χ1n) is 10.4. The molecule has 3 aromatic carbocycles. The maximum absolute atomic E-state index is 6.30. The molecule has 2 aromatic heterocycles. The number of pyridine rings is 1. The van der Waals surface area contributed by atoms with Gasteiger partial charge in [-0.2, -0.15) is 0 Å². The van der Waals surface area contributed by atoms with Gasteiger partial charge in [0.05, 0.1) is 5.69 Å². The van der Waals surface area contributed by atoms with Crippen molar-refractivity contribution < 1.29 is 4.42 Å². The van der Waals surface area contributed by atoms with Gasteiger partial charge in [-0.1, -0.05) is 69.3 Å². The monoisotopic (exact) mass is 391 g/mol. The van der Waals surface area contributed by atoms with Gasteiger partial charge in [-0.3, -0.25) is 4.98 Å². The first-order valence-corrected chi connectivity index (χ1v) is 10.4. The van der Waals surface area contributed by atoms with Crippen molar-refractivity contribution >= 4 is 21.9 Å². The Morgan fingerprint density at radius 2 is 1.60 bits per heavy atom. The molecule has 0 fully saturated rings. The Morgan fingerprint density at radius 1 is 0.767 bits per heavy atom. The first kappa shape index (κ1) is 18.6. The van der Waals surface area contributed by atoms with Gasteiger partial charge in [0, 0.05) is 28.1 Å². The van der Waals surface area contributed by atoms with E-state index in [2.05, 4.69) is 98.6 Å². The normalized spacial score (nSPS) is 12.0. The molecular formula is C28H25NO. The smallest absolute Gasteiger partial charge is 0.143 e. The van der Waals surface area contributed by atoms with E-state index < -0.39 is 0 Å². The lowest BCUT2D eigenvalue weighted by Gasteiger charge is -2.18. The average molecular weight is 392 g/mol. The summed E-state index contributed by atoms with van der Waals surface area (Å²) in [7, 11) is 0. The van der Waals surface area contributed by atoms with Crippen molar-refractivity contribution in [3.8, 4) is 22.4 Å². The third kappa shape index (κ3) is 3.50. The zero-order valence-corrected chi connectivity index (χ0v) is 17.6. The van der Waals surface area contributed by atoms with Crippen molar-refractivity contribution in [1.82, 2.24) is 4.98 Å². The third-order valence-corrected chi connectivity index (χ3v) is 5.44. The standard InChI is InChI=1S/C28H25NO/c1-28(2,3)18-19-14-15-29-25(16-19)21-12-13-26-24(17-21)23-11-7-10-22(27(23)30-26)20-8-5-4-6-9-20/h4-17H,18H2,1-3H3. The van der Waals surface area contributed by atoms with E-state index in [0.717, 1.165) is 45.2 Å². The predicted molar refractivity (Wildman–Crippen MR) is 126 cm³/mol. The summed E-state index contributed by atoms with van der Waals surface area (Å²) < 4.78 is 6.30. The molecule has 2 nitrogen and oxygen atoms in total. The Bertz CT molecular complexity index is 1340. The van der Waals surface area contributed by atoms with E-state index >= 15 is 0 Å². The second-order valence-electron chi connectivity index (χ2n) is 9.15. The maximum Gasteiger partial charge on any atom is 0.143 e. The van der Waals surface area contributed by atoms with Crippen molar-refractivity contribution in [2.24, 2.45) is 5.41 Å². The number of rotatable bonds is 3. The van der Waals surface area contributed by atoms with Crippen molar-refractivity contribution in [3.63, 3.8) is 0 Å². The van der Waals surface area contributed by atoms with Crippen LogP contribution in [0.3, 0.4) is 0 Å². The van der Waals surface area contributed by atoms with Gasteiger partial charge in [-0.25, -0.2) is 0 Å². The Hall–Kier alpha value is -3.39. The fourth-order valence-corrected chi connectivity index (χ4v) is 4.16. The molecule has 2 heterocycles. The topological polar surface area (TPSA) is 26.0 Å². The maximum atomic E-state index is 6.30. The quantitative estimate of drug-likeness (QED) is 0.312. The summed E-state index contributed by atoms with van der Waals surface area (Å²) >= 11 is 0. The number of furan rings is 1. The molecule has 0 aliphatic rings.